The molecule has 1 aliphatic rings. The fourth-order valence-corrected chi connectivity index (χ4v) is 3.80. The number of rotatable bonds is 5. The number of aryl methyl sites for hydroxylation is 2. The van der Waals surface area contributed by atoms with E-state index in [2.05, 4.69) is 15.3 Å². The van der Waals surface area contributed by atoms with Crippen LogP contribution in [0.4, 0.5) is 14.6 Å². The summed E-state index contributed by atoms with van der Waals surface area (Å²) in [6.07, 6.45) is -0.325. The van der Waals surface area contributed by atoms with Gasteiger partial charge in [-0.1, -0.05) is 18.2 Å². The van der Waals surface area contributed by atoms with E-state index in [1.54, 1.807) is 37.6 Å². The molecule has 0 aliphatic heterocycles. The number of hydrogen-bond donors (Lipinski definition) is 2. The van der Waals surface area contributed by atoms with Crippen LogP contribution < -0.4 is 10.9 Å². The topological polar surface area (TPSA) is 80.0 Å². The fraction of sp³-hybridized carbons (Fsp3) is 0.409. The van der Waals surface area contributed by atoms with Gasteiger partial charge in [0, 0.05) is 28.4 Å². The molecule has 0 radical (unpaired) electrons. The van der Waals surface area contributed by atoms with Crippen LogP contribution in [0.25, 0.3) is 10.9 Å². The van der Waals surface area contributed by atoms with Crippen molar-refractivity contribution in [2.75, 3.05) is 5.32 Å². The first-order valence-corrected chi connectivity index (χ1v) is 9.85. The van der Waals surface area contributed by atoms with Crippen molar-refractivity contribution in [2.24, 2.45) is 0 Å². The summed E-state index contributed by atoms with van der Waals surface area (Å²) in [5.74, 6) is 0.793. The highest BCUT2D eigenvalue weighted by atomic mass is 19.3. The number of benzene rings is 1. The maximum Gasteiger partial charge on any atom is 0.264 e. The maximum atomic E-state index is 13.2. The predicted molar refractivity (Wildman–Crippen MR) is 111 cm³/mol. The molecule has 1 aromatic carbocycles. The molecule has 8 heteroatoms. The number of aliphatic hydroxyl groups excluding tert-OH is 1. The molecule has 0 spiro atoms. The molecule has 2 N–H and O–H groups in total. The molecule has 1 atom stereocenters. The first kappa shape index (κ1) is 20.4. The van der Waals surface area contributed by atoms with Gasteiger partial charge in [-0.2, -0.15) is 0 Å². The highest BCUT2D eigenvalue weighted by Gasteiger charge is 2.40. The predicted octanol–water partition coefficient (Wildman–Crippen LogP) is 4.27. The van der Waals surface area contributed by atoms with Crippen LogP contribution in [0.3, 0.4) is 0 Å². The normalized spacial score (nSPS) is 16.1. The Morgan fingerprint density at radius 3 is 2.43 bits per heavy atom. The lowest BCUT2D eigenvalue weighted by molar-refractivity contribution is 0.149. The van der Waals surface area contributed by atoms with Gasteiger partial charge in [-0.3, -0.25) is 4.79 Å². The van der Waals surface area contributed by atoms with Gasteiger partial charge in [-0.15, -0.1) is 0 Å². The summed E-state index contributed by atoms with van der Waals surface area (Å²) in [7, 11) is 0. The molecule has 0 unspecified atom stereocenters. The van der Waals surface area contributed by atoms with Crippen LogP contribution >= 0.6 is 0 Å². The summed E-state index contributed by atoms with van der Waals surface area (Å²) in [6.45, 7) is 7.01. The van der Waals surface area contributed by atoms with E-state index in [1.165, 1.54) is 12.1 Å². The molecule has 4 rings (SSSR count). The van der Waals surface area contributed by atoms with Gasteiger partial charge in [0.15, 0.2) is 6.23 Å². The number of halogens is 2. The molecule has 1 fully saturated rings. The second kappa shape index (κ2) is 7.12. The first-order valence-electron chi connectivity index (χ1n) is 9.85. The van der Waals surface area contributed by atoms with Gasteiger partial charge < -0.3 is 15.0 Å². The zero-order chi connectivity index (χ0) is 21.8. The lowest BCUT2D eigenvalue weighted by atomic mass is 10.0. The minimum absolute atomic E-state index is 0.0902. The van der Waals surface area contributed by atoms with E-state index in [4.69, 9.17) is 0 Å². The van der Waals surface area contributed by atoms with E-state index in [0.717, 1.165) is 12.8 Å². The van der Waals surface area contributed by atoms with E-state index in [9.17, 15) is 18.7 Å². The van der Waals surface area contributed by atoms with Crippen molar-refractivity contribution in [1.29, 1.82) is 0 Å². The van der Waals surface area contributed by atoms with Crippen molar-refractivity contribution in [3.05, 3.63) is 62.8 Å². The third-order valence-electron chi connectivity index (χ3n) is 5.99. The van der Waals surface area contributed by atoms with Gasteiger partial charge in [0.25, 0.3) is 12.0 Å². The van der Waals surface area contributed by atoms with Gasteiger partial charge in [-0.25, -0.2) is 18.7 Å². The van der Waals surface area contributed by atoms with E-state index in [1.807, 2.05) is 6.92 Å². The number of fused-ring (bicyclic) bond motifs is 1. The third kappa shape index (κ3) is 3.35. The summed E-state index contributed by atoms with van der Waals surface area (Å²) in [5.41, 5.74) is 1.26. The average molecular weight is 414 g/mol. The summed E-state index contributed by atoms with van der Waals surface area (Å²) < 4.78 is 28.2. The molecule has 6 nitrogen and oxygen atoms in total. The zero-order valence-electron chi connectivity index (χ0n) is 17.3. The average Bonchev–Trinajstić information content (AvgIpc) is 3.43. The standard InChI is InChI=1S/C22H24F2N4O2/c1-11-14(18(23)24)6-5-7-15(11)20(29)27-19-16-10-28(22(4)8-9-22)21(30)12(2)17(16)25-13(3)26-19/h5-7,10,18,20,29H,8-9H2,1-4H3,(H,25,26,27)/t20-/m1/s1. The molecular weight excluding hydrogens is 390 g/mol. The zero-order valence-corrected chi connectivity index (χ0v) is 17.3. The van der Waals surface area contributed by atoms with Crippen molar-refractivity contribution >= 4 is 16.7 Å². The second-order valence-corrected chi connectivity index (χ2v) is 8.22. The van der Waals surface area contributed by atoms with Crippen molar-refractivity contribution in [2.45, 2.75) is 58.7 Å². The molecule has 158 valence electrons. The number of aromatic nitrogens is 3. The number of anilines is 1. The van der Waals surface area contributed by atoms with E-state index < -0.39 is 12.7 Å². The smallest absolute Gasteiger partial charge is 0.264 e. The molecule has 3 aromatic rings. The quantitative estimate of drug-likeness (QED) is 0.610. The van der Waals surface area contributed by atoms with E-state index in [-0.39, 0.29) is 16.7 Å². The molecule has 2 aromatic heterocycles. The van der Waals surface area contributed by atoms with Gasteiger partial charge >= 0.3 is 0 Å². The van der Waals surface area contributed by atoms with Crippen LogP contribution in [-0.2, 0) is 5.54 Å². The lowest BCUT2D eigenvalue weighted by Crippen LogP contribution is -2.30. The third-order valence-corrected chi connectivity index (χ3v) is 5.99. The number of aliphatic hydroxyl groups is 1. The van der Waals surface area contributed by atoms with Crippen LogP contribution in [0, 0.1) is 20.8 Å². The molecule has 1 saturated carbocycles. The van der Waals surface area contributed by atoms with Gasteiger partial charge in [0.2, 0.25) is 0 Å². The summed E-state index contributed by atoms with van der Waals surface area (Å²) in [4.78, 5) is 21.7. The van der Waals surface area contributed by atoms with Crippen LogP contribution in [0.15, 0.2) is 29.2 Å². The van der Waals surface area contributed by atoms with Crippen molar-refractivity contribution in [3.8, 4) is 0 Å². The Labute approximate surface area is 172 Å². The summed E-state index contributed by atoms with van der Waals surface area (Å²) in [5, 5.41) is 14.3. The SMILES string of the molecule is Cc1nc(N[C@H](O)c2cccc(C(F)F)c2C)c2cn(C3(C)CC3)c(=O)c(C)c2n1. The molecule has 0 saturated heterocycles. The summed E-state index contributed by atoms with van der Waals surface area (Å²) in [6, 6.07) is 4.44. The lowest BCUT2D eigenvalue weighted by Gasteiger charge is -2.21. The fourth-order valence-electron chi connectivity index (χ4n) is 3.80. The number of alkyl halides is 2. The first-order chi connectivity index (χ1) is 14.1. The van der Waals surface area contributed by atoms with Crippen LogP contribution in [0.2, 0.25) is 0 Å². The van der Waals surface area contributed by atoms with Crippen LogP contribution in [0.5, 0.6) is 0 Å². The second-order valence-electron chi connectivity index (χ2n) is 8.22. The van der Waals surface area contributed by atoms with Crippen molar-refractivity contribution in [1.82, 2.24) is 14.5 Å². The van der Waals surface area contributed by atoms with Crippen LogP contribution in [0.1, 0.15) is 60.5 Å². The van der Waals surface area contributed by atoms with Crippen molar-refractivity contribution < 1.29 is 13.9 Å². The Kier molecular flexibility index (Phi) is 4.85. The largest absolute Gasteiger partial charge is 0.369 e. The molecule has 30 heavy (non-hydrogen) atoms. The number of nitrogens with zero attached hydrogens (tertiary/aromatic N) is 3. The Morgan fingerprint density at radius 2 is 1.80 bits per heavy atom. The highest BCUT2D eigenvalue weighted by Crippen LogP contribution is 2.42. The van der Waals surface area contributed by atoms with Crippen molar-refractivity contribution in [3.63, 3.8) is 0 Å². The monoisotopic (exact) mass is 414 g/mol. The maximum absolute atomic E-state index is 13.2. The van der Waals surface area contributed by atoms with Crippen LogP contribution in [-0.4, -0.2) is 19.6 Å². The Bertz CT molecular complexity index is 1200. The Hall–Kier alpha value is -2.87. The molecule has 0 bridgehead atoms. The van der Waals surface area contributed by atoms with E-state index >= 15 is 0 Å². The highest BCUT2D eigenvalue weighted by molar-refractivity contribution is 5.90. The molecule has 2 heterocycles. The van der Waals surface area contributed by atoms with Gasteiger partial charge in [0.05, 0.1) is 10.9 Å². The minimum atomic E-state index is -2.63. The summed E-state index contributed by atoms with van der Waals surface area (Å²) >= 11 is 0. The molecular formula is C22H24F2N4O2. The molecule has 1 aliphatic carbocycles. The molecule has 0 amide bonds. The Morgan fingerprint density at radius 1 is 1.13 bits per heavy atom. The van der Waals surface area contributed by atoms with E-state index in [0.29, 0.717) is 39.2 Å². The number of hydrogen-bond acceptors (Lipinski definition) is 5. The Balaban J connectivity index is 1.82. The number of nitrogens with one attached hydrogen (secondary N) is 1. The number of pyridine rings is 1. The van der Waals surface area contributed by atoms with Gasteiger partial charge in [0.1, 0.15) is 11.6 Å². The van der Waals surface area contributed by atoms with Gasteiger partial charge in [-0.05, 0) is 46.1 Å². The minimum Gasteiger partial charge on any atom is -0.369 e.